The normalized spacial score (nSPS) is 15.7. The Morgan fingerprint density at radius 1 is 1.42 bits per heavy atom. The topological polar surface area (TPSA) is 26.3 Å². The van der Waals surface area contributed by atoms with E-state index >= 15 is 0 Å². The highest BCUT2D eigenvalue weighted by atomic mass is 16.5. The van der Waals surface area contributed by atoms with Crippen LogP contribution in [0.1, 0.15) is 40.5 Å². The molecule has 0 fully saturated rings. The fraction of sp³-hybridized carbons (Fsp3) is 0.900. The number of carbonyl (C=O) groups is 1. The molecule has 0 aliphatic heterocycles. The molecule has 0 rings (SSSR count). The minimum Gasteiger partial charge on any atom is -0.370 e. The first-order valence-electron chi connectivity index (χ1n) is 4.75. The second-order valence-electron chi connectivity index (χ2n) is 3.29. The summed E-state index contributed by atoms with van der Waals surface area (Å²) in [6, 6.07) is 0. The molecule has 72 valence electrons. The lowest BCUT2D eigenvalue weighted by Crippen LogP contribution is -2.29. The van der Waals surface area contributed by atoms with E-state index in [1.54, 1.807) is 6.92 Å². The zero-order valence-electron chi connectivity index (χ0n) is 8.59. The largest absolute Gasteiger partial charge is 0.370 e. The van der Waals surface area contributed by atoms with Gasteiger partial charge in [0, 0.05) is 6.61 Å². The van der Waals surface area contributed by atoms with Crippen LogP contribution in [0, 0.1) is 5.92 Å². The quantitative estimate of drug-likeness (QED) is 0.615. The second-order valence-corrected chi connectivity index (χ2v) is 3.29. The summed E-state index contributed by atoms with van der Waals surface area (Å²) in [4.78, 5) is 11.1. The van der Waals surface area contributed by atoms with Crippen molar-refractivity contribution in [1.29, 1.82) is 0 Å². The van der Waals surface area contributed by atoms with Gasteiger partial charge < -0.3 is 4.74 Å². The molecule has 0 aliphatic rings. The Kier molecular flexibility index (Phi) is 5.99. The fourth-order valence-electron chi connectivity index (χ4n) is 1.14. The molecule has 0 saturated heterocycles. The lowest BCUT2D eigenvalue weighted by Gasteiger charge is -2.20. The van der Waals surface area contributed by atoms with Crippen LogP contribution < -0.4 is 0 Å². The lowest BCUT2D eigenvalue weighted by atomic mass is 9.99. The maximum atomic E-state index is 11.1. The van der Waals surface area contributed by atoms with E-state index in [0.29, 0.717) is 12.5 Å². The molecule has 0 aromatic rings. The van der Waals surface area contributed by atoms with Crippen LogP contribution in [-0.4, -0.2) is 18.5 Å². The molecule has 0 N–H and O–H groups in total. The Balaban J connectivity index is 3.94. The summed E-state index contributed by atoms with van der Waals surface area (Å²) < 4.78 is 5.46. The Bertz CT molecular complexity index is 132. The molecule has 2 heteroatoms. The smallest absolute Gasteiger partial charge is 0.158 e. The highest BCUT2D eigenvalue weighted by molar-refractivity contribution is 5.80. The first-order valence-corrected chi connectivity index (χ1v) is 4.75. The van der Waals surface area contributed by atoms with Gasteiger partial charge in [-0.1, -0.05) is 27.2 Å². The van der Waals surface area contributed by atoms with Gasteiger partial charge in [0.2, 0.25) is 0 Å². The minimum atomic E-state index is -0.185. The summed E-state index contributed by atoms with van der Waals surface area (Å²) in [5.74, 6) is 0.492. The van der Waals surface area contributed by atoms with Gasteiger partial charge in [0.25, 0.3) is 0 Å². The Hall–Kier alpha value is -0.370. The van der Waals surface area contributed by atoms with Crippen LogP contribution in [0.5, 0.6) is 0 Å². The number of Topliss-reactive ketones (excluding diaryl/α,β-unsaturated/α-hetero) is 1. The number of hydrogen-bond donors (Lipinski definition) is 0. The minimum absolute atomic E-state index is 0.151. The van der Waals surface area contributed by atoms with Gasteiger partial charge in [-0.2, -0.15) is 0 Å². The van der Waals surface area contributed by atoms with Crippen molar-refractivity contribution in [2.24, 2.45) is 5.92 Å². The van der Waals surface area contributed by atoms with Crippen molar-refractivity contribution < 1.29 is 9.53 Å². The first kappa shape index (κ1) is 11.6. The molecule has 0 bridgehead atoms. The molecule has 0 aromatic heterocycles. The summed E-state index contributed by atoms with van der Waals surface area (Å²) in [6.07, 6.45) is 1.78. The Morgan fingerprint density at radius 3 is 2.33 bits per heavy atom. The number of carbonyl (C=O) groups excluding carboxylic acids is 1. The van der Waals surface area contributed by atoms with Gasteiger partial charge in [0.15, 0.2) is 5.78 Å². The molecule has 2 unspecified atom stereocenters. The van der Waals surface area contributed by atoms with E-state index in [0.717, 1.165) is 12.8 Å². The monoisotopic (exact) mass is 172 g/mol. The van der Waals surface area contributed by atoms with Crippen molar-refractivity contribution in [3.63, 3.8) is 0 Å². The van der Waals surface area contributed by atoms with Crippen LogP contribution in [0.4, 0.5) is 0 Å². The molecule has 2 nitrogen and oxygen atoms in total. The third kappa shape index (κ3) is 3.86. The standard InChI is InChI=1S/C10H20O2/c1-5-7-12-10(9(4)11)8(3)6-2/h8,10H,5-7H2,1-4H3. The number of ether oxygens (including phenoxy) is 1. The maximum Gasteiger partial charge on any atom is 0.158 e. The molecule has 0 saturated carbocycles. The van der Waals surface area contributed by atoms with Crippen molar-refractivity contribution >= 4 is 5.78 Å². The summed E-state index contributed by atoms with van der Waals surface area (Å²) in [5, 5.41) is 0. The molecular formula is C10H20O2. The van der Waals surface area contributed by atoms with Crippen LogP contribution in [-0.2, 0) is 9.53 Å². The first-order chi connectivity index (χ1) is 5.63. The van der Waals surface area contributed by atoms with Gasteiger partial charge in [-0.3, -0.25) is 4.79 Å². The second kappa shape index (κ2) is 6.18. The van der Waals surface area contributed by atoms with Crippen LogP contribution in [0.3, 0.4) is 0 Å². The van der Waals surface area contributed by atoms with E-state index in [-0.39, 0.29) is 11.9 Å². The zero-order valence-corrected chi connectivity index (χ0v) is 8.59. The molecule has 0 aliphatic carbocycles. The van der Waals surface area contributed by atoms with Crippen LogP contribution in [0.25, 0.3) is 0 Å². The molecular weight excluding hydrogens is 152 g/mol. The zero-order chi connectivity index (χ0) is 9.56. The lowest BCUT2D eigenvalue weighted by molar-refractivity contribution is -0.131. The van der Waals surface area contributed by atoms with Crippen molar-refractivity contribution in [3.05, 3.63) is 0 Å². The fourth-order valence-corrected chi connectivity index (χ4v) is 1.14. The SMILES string of the molecule is CCCOC(C(C)=O)C(C)CC. The van der Waals surface area contributed by atoms with E-state index in [1.165, 1.54) is 0 Å². The predicted molar refractivity (Wildman–Crippen MR) is 50.2 cm³/mol. The van der Waals surface area contributed by atoms with E-state index in [2.05, 4.69) is 13.8 Å². The van der Waals surface area contributed by atoms with Gasteiger partial charge in [0.05, 0.1) is 0 Å². The molecule has 0 radical (unpaired) electrons. The van der Waals surface area contributed by atoms with Crippen molar-refractivity contribution in [2.75, 3.05) is 6.61 Å². The van der Waals surface area contributed by atoms with Crippen molar-refractivity contribution in [3.8, 4) is 0 Å². The Labute approximate surface area is 75.3 Å². The number of hydrogen-bond acceptors (Lipinski definition) is 2. The summed E-state index contributed by atoms with van der Waals surface area (Å²) in [5.41, 5.74) is 0. The molecule has 12 heavy (non-hydrogen) atoms. The van der Waals surface area contributed by atoms with Gasteiger partial charge in [0.1, 0.15) is 6.10 Å². The van der Waals surface area contributed by atoms with Gasteiger partial charge in [-0.25, -0.2) is 0 Å². The third-order valence-corrected chi connectivity index (χ3v) is 2.06. The highest BCUT2D eigenvalue weighted by Crippen LogP contribution is 2.12. The Morgan fingerprint density at radius 2 is 2.00 bits per heavy atom. The third-order valence-electron chi connectivity index (χ3n) is 2.06. The van der Waals surface area contributed by atoms with Gasteiger partial charge in [-0.05, 0) is 19.3 Å². The van der Waals surface area contributed by atoms with Crippen molar-refractivity contribution in [2.45, 2.75) is 46.6 Å². The van der Waals surface area contributed by atoms with E-state index < -0.39 is 0 Å². The average Bonchev–Trinajstić information content (AvgIpc) is 2.04. The van der Waals surface area contributed by atoms with E-state index in [1.807, 2.05) is 6.92 Å². The summed E-state index contributed by atoms with van der Waals surface area (Å²) >= 11 is 0. The van der Waals surface area contributed by atoms with E-state index in [4.69, 9.17) is 4.74 Å². The van der Waals surface area contributed by atoms with Gasteiger partial charge in [-0.15, -0.1) is 0 Å². The maximum absolute atomic E-state index is 11.1. The number of rotatable bonds is 6. The van der Waals surface area contributed by atoms with Gasteiger partial charge >= 0.3 is 0 Å². The molecule has 0 spiro atoms. The molecule has 2 atom stereocenters. The predicted octanol–water partition coefficient (Wildman–Crippen LogP) is 2.42. The average molecular weight is 172 g/mol. The molecule has 0 aromatic carbocycles. The summed E-state index contributed by atoms with van der Waals surface area (Å²) in [7, 11) is 0. The van der Waals surface area contributed by atoms with Crippen molar-refractivity contribution in [1.82, 2.24) is 0 Å². The summed E-state index contributed by atoms with van der Waals surface area (Å²) in [6.45, 7) is 8.48. The molecule has 0 heterocycles. The molecule has 0 amide bonds. The van der Waals surface area contributed by atoms with Crippen LogP contribution >= 0.6 is 0 Å². The van der Waals surface area contributed by atoms with Crippen LogP contribution in [0.15, 0.2) is 0 Å². The van der Waals surface area contributed by atoms with Crippen LogP contribution in [0.2, 0.25) is 0 Å². The number of ketones is 1. The van der Waals surface area contributed by atoms with E-state index in [9.17, 15) is 4.79 Å². The highest BCUT2D eigenvalue weighted by Gasteiger charge is 2.20.